The topological polar surface area (TPSA) is 85.2 Å². The van der Waals surface area contributed by atoms with E-state index in [1.807, 2.05) is 0 Å². The van der Waals surface area contributed by atoms with Gasteiger partial charge in [-0.25, -0.2) is 9.48 Å². The number of carbonyl (C=O) groups excluding carboxylic acids is 2. The van der Waals surface area contributed by atoms with E-state index >= 15 is 0 Å². The molecule has 1 amide bonds. The highest BCUT2D eigenvalue weighted by molar-refractivity contribution is 7.17. The number of halogens is 4. The van der Waals surface area contributed by atoms with Gasteiger partial charge >= 0.3 is 12.1 Å². The average molecular weight is 567 g/mol. The minimum Gasteiger partial charge on any atom is -0.462 e. The van der Waals surface area contributed by atoms with Crippen LogP contribution in [0.4, 0.5) is 24.0 Å². The maximum absolute atomic E-state index is 14.1. The van der Waals surface area contributed by atoms with Crippen LogP contribution in [0.5, 0.6) is 0 Å². The third-order valence-electron chi connectivity index (χ3n) is 6.93. The summed E-state index contributed by atoms with van der Waals surface area (Å²) in [7, 11) is 0. The maximum atomic E-state index is 14.1. The molecule has 7 nitrogen and oxygen atoms in total. The van der Waals surface area contributed by atoms with E-state index in [1.165, 1.54) is 11.3 Å². The number of rotatable bonds is 5. The summed E-state index contributed by atoms with van der Waals surface area (Å²) < 4.78 is 48.3. The summed E-state index contributed by atoms with van der Waals surface area (Å²) in [6.45, 7) is 3.98. The Morgan fingerprint density at radius 2 is 2.03 bits per heavy atom. The van der Waals surface area contributed by atoms with Gasteiger partial charge in [-0.05, 0) is 43.2 Å². The van der Waals surface area contributed by atoms with Crippen molar-refractivity contribution in [3.8, 4) is 0 Å². The fourth-order valence-electron chi connectivity index (χ4n) is 5.06. The molecule has 0 spiro atoms. The lowest BCUT2D eigenvalue weighted by molar-refractivity contribution is -0.173. The predicted octanol–water partition coefficient (Wildman–Crippen LogP) is 6.81. The van der Waals surface area contributed by atoms with Crippen LogP contribution < -0.4 is 10.6 Å². The zero-order chi connectivity index (χ0) is 27.2. The highest BCUT2D eigenvalue weighted by Crippen LogP contribution is 2.46. The molecule has 1 aliphatic carbocycles. The van der Waals surface area contributed by atoms with Crippen LogP contribution in [0.2, 0.25) is 5.02 Å². The van der Waals surface area contributed by atoms with Crippen molar-refractivity contribution >= 4 is 45.6 Å². The second-order valence-corrected chi connectivity index (χ2v) is 11.1. The molecule has 0 radical (unpaired) electrons. The third-order valence-corrected chi connectivity index (χ3v) is 8.46. The van der Waals surface area contributed by atoms with E-state index in [1.54, 1.807) is 37.3 Å². The van der Waals surface area contributed by atoms with Crippen molar-refractivity contribution in [2.24, 2.45) is 5.92 Å². The molecule has 38 heavy (non-hydrogen) atoms. The minimum absolute atomic E-state index is 0.0795. The Morgan fingerprint density at radius 1 is 1.29 bits per heavy atom. The summed E-state index contributed by atoms with van der Waals surface area (Å²) in [5, 5.41) is 9.80. The first kappa shape index (κ1) is 26.6. The van der Waals surface area contributed by atoms with Crippen molar-refractivity contribution in [2.45, 2.75) is 57.8 Å². The van der Waals surface area contributed by atoms with Gasteiger partial charge in [0, 0.05) is 11.3 Å². The summed E-state index contributed by atoms with van der Waals surface area (Å²) >= 11 is 7.76. The lowest BCUT2D eigenvalue weighted by Crippen LogP contribution is -2.35. The van der Waals surface area contributed by atoms with E-state index in [-0.39, 0.29) is 34.6 Å². The molecule has 3 heterocycles. The van der Waals surface area contributed by atoms with Gasteiger partial charge in [0.05, 0.1) is 18.2 Å². The van der Waals surface area contributed by atoms with Crippen LogP contribution in [0.3, 0.4) is 0 Å². The van der Waals surface area contributed by atoms with Gasteiger partial charge in [0.2, 0.25) is 0 Å². The summed E-state index contributed by atoms with van der Waals surface area (Å²) in [5.41, 5.74) is 1.45. The lowest BCUT2D eigenvalue weighted by Gasteiger charge is -2.33. The van der Waals surface area contributed by atoms with Crippen molar-refractivity contribution in [2.75, 3.05) is 17.2 Å². The SMILES string of the molecule is CCOC(=O)c1c(NC(=O)c2nn3c(c2Cl)N[C@H](c2ccccc2)C[C@@H]3C(F)(F)F)sc2c1CC[C@H](C)C2. The molecule has 0 fully saturated rings. The molecule has 202 valence electrons. The van der Waals surface area contributed by atoms with E-state index in [9.17, 15) is 22.8 Å². The first-order valence-corrected chi connectivity index (χ1v) is 13.6. The van der Waals surface area contributed by atoms with Gasteiger partial charge in [0.25, 0.3) is 5.91 Å². The van der Waals surface area contributed by atoms with E-state index in [0.717, 1.165) is 28.0 Å². The number of thiophene rings is 1. The van der Waals surface area contributed by atoms with Crippen molar-refractivity contribution < 1.29 is 27.5 Å². The van der Waals surface area contributed by atoms with E-state index in [0.29, 0.717) is 23.5 Å². The van der Waals surface area contributed by atoms with Crippen molar-refractivity contribution in [3.63, 3.8) is 0 Å². The number of fused-ring (bicyclic) bond motifs is 2. The molecule has 3 aromatic rings. The smallest absolute Gasteiger partial charge is 0.410 e. The molecule has 2 aromatic heterocycles. The van der Waals surface area contributed by atoms with Gasteiger partial charge in [-0.1, -0.05) is 48.9 Å². The highest BCUT2D eigenvalue weighted by atomic mass is 35.5. The highest BCUT2D eigenvalue weighted by Gasteiger charge is 2.48. The van der Waals surface area contributed by atoms with E-state index in [2.05, 4.69) is 22.7 Å². The van der Waals surface area contributed by atoms with Crippen molar-refractivity contribution in [3.05, 3.63) is 62.6 Å². The fourth-order valence-corrected chi connectivity index (χ4v) is 6.72. The number of alkyl halides is 3. The third kappa shape index (κ3) is 4.89. The zero-order valence-electron chi connectivity index (χ0n) is 20.7. The van der Waals surface area contributed by atoms with Crippen LogP contribution in [-0.2, 0) is 17.6 Å². The molecular weight excluding hydrogens is 541 g/mol. The maximum Gasteiger partial charge on any atom is 0.410 e. The van der Waals surface area contributed by atoms with E-state index in [4.69, 9.17) is 16.3 Å². The van der Waals surface area contributed by atoms with Crippen LogP contribution in [-0.4, -0.2) is 34.4 Å². The number of nitrogens with zero attached hydrogens (tertiary/aromatic N) is 2. The fraction of sp³-hybridized carbons (Fsp3) is 0.423. The van der Waals surface area contributed by atoms with Gasteiger partial charge in [0.15, 0.2) is 11.7 Å². The largest absolute Gasteiger partial charge is 0.462 e. The Balaban J connectivity index is 1.50. The second kappa shape index (κ2) is 10.3. The van der Waals surface area contributed by atoms with Crippen LogP contribution in [0.15, 0.2) is 30.3 Å². The summed E-state index contributed by atoms with van der Waals surface area (Å²) in [5.74, 6) is -0.996. The van der Waals surface area contributed by atoms with Crippen molar-refractivity contribution in [1.29, 1.82) is 0 Å². The zero-order valence-corrected chi connectivity index (χ0v) is 22.3. The number of carbonyl (C=O) groups is 2. The minimum atomic E-state index is -4.62. The number of ether oxygens (including phenoxy) is 1. The molecule has 12 heteroatoms. The quantitative estimate of drug-likeness (QED) is 0.331. The number of amides is 1. The second-order valence-electron chi connectivity index (χ2n) is 9.59. The predicted molar refractivity (Wildman–Crippen MR) is 139 cm³/mol. The van der Waals surface area contributed by atoms with Gasteiger partial charge in [-0.3, -0.25) is 4.79 Å². The lowest BCUT2D eigenvalue weighted by atomic mass is 9.88. The van der Waals surface area contributed by atoms with E-state index < -0.39 is 30.1 Å². The van der Waals surface area contributed by atoms with Crippen LogP contribution in [0.25, 0.3) is 0 Å². The molecule has 0 saturated heterocycles. The monoisotopic (exact) mass is 566 g/mol. The van der Waals surface area contributed by atoms with Gasteiger partial charge in [0.1, 0.15) is 15.8 Å². The summed E-state index contributed by atoms with van der Waals surface area (Å²) in [6, 6.07) is 6.07. The first-order valence-electron chi connectivity index (χ1n) is 12.4. The van der Waals surface area contributed by atoms with Gasteiger partial charge < -0.3 is 15.4 Å². The number of aromatic nitrogens is 2. The molecule has 1 aliphatic heterocycles. The summed E-state index contributed by atoms with van der Waals surface area (Å²) in [4.78, 5) is 27.1. The number of nitrogens with one attached hydrogen (secondary N) is 2. The molecule has 2 N–H and O–H groups in total. The summed E-state index contributed by atoms with van der Waals surface area (Å²) in [6.07, 6.45) is -2.60. The number of hydrogen-bond donors (Lipinski definition) is 2. The Bertz CT molecular complexity index is 1370. The average Bonchev–Trinajstić information content (AvgIpc) is 3.40. The van der Waals surface area contributed by atoms with Crippen LogP contribution in [0.1, 0.15) is 75.6 Å². The number of esters is 1. The molecule has 0 bridgehead atoms. The number of anilines is 2. The molecular formula is C26H26ClF3N4O3S. The van der Waals surface area contributed by atoms with Gasteiger partial charge in [-0.15, -0.1) is 11.3 Å². The normalized spacial score (nSPS) is 20.7. The van der Waals surface area contributed by atoms with Crippen LogP contribution >= 0.6 is 22.9 Å². The molecule has 0 unspecified atom stereocenters. The number of hydrogen-bond acceptors (Lipinski definition) is 6. The Morgan fingerprint density at radius 3 is 2.71 bits per heavy atom. The molecule has 2 aliphatic rings. The molecule has 1 aromatic carbocycles. The molecule has 5 rings (SSSR count). The van der Waals surface area contributed by atoms with Crippen LogP contribution in [0, 0.1) is 5.92 Å². The Kier molecular flexibility index (Phi) is 7.17. The van der Waals surface area contributed by atoms with Gasteiger partial charge in [-0.2, -0.15) is 18.3 Å². The Labute approximate surface area is 226 Å². The Hall–Kier alpha value is -3.05. The first-order chi connectivity index (χ1) is 18.1. The van der Waals surface area contributed by atoms with Crippen molar-refractivity contribution in [1.82, 2.24) is 9.78 Å². The number of benzene rings is 1. The molecule has 0 saturated carbocycles. The molecule has 3 atom stereocenters. The standard InChI is InChI=1S/C26H26ClF3N4O3S/c1-3-37-25(36)19-15-10-9-13(2)11-17(15)38-24(19)32-23(35)21-20(27)22-31-16(14-7-5-4-6-8-14)12-18(26(28,29)30)34(22)33-21/h4-8,13,16,18,31H,3,9-12H2,1-2H3,(H,32,35)/t13-,16-,18+/m0/s1.